The first kappa shape index (κ1) is 11.3. The van der Waals surface area contributed by atoms with Crippen LogP contribution in [0.25, 0.3) is 0 Å². The molecule has 1 aliphatic rings. The number of nitrogens with zero attached hydrogens (tertiary/aromatic N) is 2. The van der Waals surface area contributed by atoms with Crippen LogP contribution in [-0.4, -0.2) is 24.7 Å². The molecule has 1 aromatic heterocycles. The molecule has 0 saturated heterocycles. The standard InChI is InChI=1S/C12H13N3O2S/c1-9-8-10-4-2-3-5-11(10)15(9)18(16,17)12-6-7-13-14-12/h2-7,9H,8H2,1H3,(H,13,14). The highest BCUT2D eigenvalue weighted by atomic mass is 32.2. The predicted molar refractivity (Wildman–Crippen MR) is 67.9 cm³/mol. The van der Waals surface area contributed by atoms with E-state index in [0.717, 1.165) is 17.7 Å². The fourth-order valence-electron chi connectivity index (χ4n) is 2.40. The molecule has 1 N–H and O–H groups in total. The van der Waals surface area contributed by atoms with E-state index >= 15 is 0 Å². The fourth-order valence-corrected chi connectivity index (χ4v) is 3.99. The second-order valence-electron chi connectivity index (χ2n) is 4.40. The number of H-pyrrole nitrogens is 1. The number of hydrogen-bond acceptors (Lipinski definition) is 3. The smallest absolute Gasteiger partial charge is 0.266 e. The van der Waals surface area contributed by atoms with Gasteiger partial charge in [-0.1, -0.05) is 18.2 Å². The Labute approximate surface area is 105 Å². The molecule has 0 saturated carbocycles. The number of fused-ring (bicyclic) bond motifs is 1. The Morgan fingerprint density at radius 2 is 2.11 bits per heavy atom. The van der Waals surface area contributed by atoms with E-state index in [4.69, 9.17) is 0 Å². The third kappa shape index (κ3) is 1.53. The molecule has 2 heterocycles. The van der Waals surface area contributed by atoms with Crippen LogP contribution in [0.2, 0.25) is 0 Å². The van der Waals surface area contributed by atoms with E-state index in [1.165, 1.54) is 16.6 Å². The fraction of sp³-hybridized carbons (Fsp3) is 0.250. The normalized spacial score (nSPS) is 18.9. The summed E-state index contributed by atoms with van der Waals surface area (Å²) in [5.41, 5.74) is 1.83. The van der Waals surface area contributed by atoms with E-state index in [9.17, 15) is 8.42 Å². The lowest BCUT2D eigenvalue weighted by molar-refractivity contribution is 0.580. The van der Waals surface area contributed by atoms with Crippen molar-refractivity contribution in [1.82, 2.24) is 10.2 Å². The van der Waals surface area contributed by atoms with E-state index in [-0.39, 0.29) is 11.1 Å². The Hall–Kier alpha value is -1.82. The van der Waals surface area contributed by atoms with Gasteiger partial charge in [-0.05, 0) is 31.0 Å². The summed E-state index contributed by atoms with van der Waals surface area (Å²) in [6.07, 6.45) is 2.18. The van der Waals surface area contributed by atoms with E-state index in [0.29, 0.717) is 0 Å². The van der Waals surface area contributed by atoms with Gasteiger partial charge in [-0.2, -0.15) is 13.5 Å². The highest BCUT2D eigenvalue weighted by molar-refractivity contribution is 7.92. The monoisotopic (exact) mass is 263 g/mol. The molecule has 0 amide bonds. The number of aromatic nitrogens is 2. The van der Waals surface area contributed by atoms with Gasteiger partial charge in [-0.15, -0.1) is 0 Å². The van der Waals surface area contributed by atoms with Crippen molar-refractivity contribution in [3.8, 4) is 0 Å². The lowest BCUT2D eigenvalue weighted by atomic mass is 10.1. The molecule has 0 aliphatic carbocycles. The lowest BCUT2D eigenvalue weighted by Crippen LogP contribution is -2.35. The van der Waals surface area contributed by atoms with Crippen molar-refractivity contribution in [2.45, 2.75) is 24.4 Å². The summed E-state index contributed by atoms with van der Waals surface area (Å²) in [6.45, 7) is 1.91. The highest BCUT2D eigenvalue weighted by Crippen LogP contribution is 2.35. The lowest BCUT2D eigenvalue weighted by Gasteiger charge is -2.23. The van der Waals surface area contributed by atoms with Crippen LogP contribution < -0.4 is 4.31 Å². The maximum atomic E-state index is 12.5. The van der Waals surface area contributed by atoms with Crippen LogP contribution in [0.15, 0.2) is 41.6 Å². The number of nitrogens with one attached hydrogen (secondary N) is 1. The quantitative estimate of drug-likeness (QED) is 0.894. The zero-order chi connectivity index (χ0) is 12.8. The Bertz CT molecular complexity index is 664. The van der Waals surface area contributed by atoms with Crippen LogP contribution in [0.3, 0.4) is 0 Å². The maximum absolute atomic E-state index is 12.5. The minimum atomic E-state index is -3.54. The Balaban J connectivity index is 2.13. The summed E-state index contributed by atoms with van der Waals surface area (Å²) in [4.78, 5) is 0. The van der Waals surface area contributed by atoms with Gasteiger partial charge in [0.05, 0.1) is 11.9 Å². The topological polar surface area (TPSA) is 66.1 Å². The molecule has 1 atom stereocenters. The van der Waals surface area contributed by atoms with Crippen molar-refractivity contribution in [3.05, 3.63) is 42.1 Å². The molecule has 0 fully saturated rings. The van der Waals surface area contributed by atoms with Crippen LogP contribution in [0.4, 0.5) is 5.69 Å². The number of para-hydroxylation sites is 1. The molecule has 2 aromatic rings. The van der Waals surface area contributed by atoms with Crippen molar-refractivity contribution in [1.29, 1.82) is 0 Å². The highest BCUT2D eigenvalue weighted by Gasteiger charge is 2.36. The second kappa shape index (κ2) is 3.84. The maximum Gasteiger partial charge on any atom is 0.281 e. The third-order valence-electron chi connectivity index (χ3n) is 3.16. The molecule has 5 nitrogen and oxygen atoms in total. The molecule has 94 valence electrons. The Morgan fingerprint density at radius 1 is 1.33 bits per heavy atom. The Morgan fingerprint density at radius 3 is 2.83 bits per heavy atom. The molecule has 0 spiro atoms. The molecule has 18 heavy (non-hydrogen) atoms. The molecule has 1 aliphatic heterocycles. The van der Waals surface area contributed by atoms with Crippen molar-refractivity contribution in [2.75, 3.05) is 4.31 Å². The summed E-state index contributed by atoms with van der Waals surface area (Å²) < 4.78 is 26.5. The SMILES string of the molecule is CC1Cc2ccccc2N1S(=O)(=O)c1ccn[nH]1. The first-order chi connectivity index (χ1) is 8.60. The van der Waals surface area contributed by atoms with Gasteiger partial charge in [0.2, 0.25) is 0 Å². The van der Waals surface area contributed by atoms with Crippen molar-refractivity contribution in [2.24, 2.45) is 0 Å². The average Bonchev–Trinajstić information content (AvgIpc) is 2.94. The van der Waals surface area contributed by atoms with Crippen LogP contribution in [0, 0.1) is 0 Å². The molecular formula is C12H13N3O2S. The summed E-state index contributed by atoms with van der Waals surface area (Å²) in [6, 6.07) is 8.99. The molecule has 3 rings (SSSR count). The first-order valence-corrected chi connectivity index (χ1v) is 7.16. The molecule has 6 heteroatoms. The minimum Gasteiger partial charge on any atom is -0.266 e. The summed E-state index contributed by atoms with van der Waals surface area (Å²) in [5.74, 6) is 0. The molecule has 0 bridgehead atoms. The van der Waals surface area contributed by atoms with E-state index in [1.54, 1.807) is 0 Å². The number of anilines is 1. The van der Waals surface area contributed by atoms with E-state index < -0.39 is 10.0 Å². The van der Waals surface area contributed by atoms with Gasteiger partial charge in [-0.3, -0.25) is 9.40 Å². The number of benzene rings is 1. The molecular weight excluding hydrogens is 250 g/mol. The summed E-state index contributed by atoms with van der Waals surface area (Å²) in [5, 5.41) is 6.37. The van der Waals surface area contributed by atoms with Crippen LogP contribution in [0.5, 0.6) is 0 Å². The largest absolute Gasteiger partial charge is 0.281 e. The van der Waals surface area contributed by atoms with Gasteiger partial charge in [0.25, 0.3) is 10.0 Å². The summed E-state index contributed by atoms with van der Waals surface area (Å²) in [7, 11) is -3.54. The number of sulfonamides is 1. The van der Waals surface area contributed by atoms with E-state index in [2.05, 4.69) is 10.2 Å². The van der Waals surface area contributed by atoms with Crippen LogP contribution in [-0.2, 0) is 16.4 Å². The number of rotatable bonds is 2. The first-order valence-electron chi connectivity index (χ1n) is 5.72. The van der Waals surface area contributed by atoms with Crippen molar-refractivity contribution in [3.63, 3.8) is 0 Å². The molecule has 1 unspecified atom stereocenters. The minimum absolute atomic E-state index is 0.0734. The summed E-state index contributed by atoms with van der Waals surface area (Å²) >= 11 is 0. The van der Waals surface area contributed by atoms with Crippen LogP contribution >= 0.6 is 0 Å². The third-order valence-corrected chi connectivity index (χ3v) is 5.01. The molecule has 0 radical (unpaired) electrons. The van der Waals surface area contributed by atoms with Crippen molar-refractivity contribution >= 4 is 15.7 Å². The Kier molecular flexibility index (Phi) is 2.41. The van der Waals surface area contributed by atoms with Gasteiger partial charge in [0, 0.05) is 6.04 Å². The van der Waals surface area contributed by atoms with Gasteiger partial charge < -0.3 is 0 Å². The van der Waals surface area contributed by atoms with E-state index in [1.807, 2.05) is 31.2 Å². The average molecular weight is 263 g/mol. The molecule has 1 aromatic carbocycles. The van der Waals surface area contributed by atoms with Gasteiger partial charge in [-0.25, -0.2) is 0 Å². The number of aromatic amines is 1. The zero-order valence-electron chi connectivity index (χ0n) is 9.87. The van der Waals surface area contributed by atoms with Crippen molar-refractivity contribution < 1.29 is 8.42 Å². The predicted octanol–water partition coefficient (Wildman–Crippen LogP) is 1.55. The van der Waals surface area contributed by atoms with Gasteiger partial charge in [0.15, 0.2) is 5.03 Å². The number of hydrogen-bond donors (Lipinski definition) is 1. The zero-order valence-corrected chi connectivity index (χ0v) is 10.7. The van der Waals surface area contributed by atoms with Gasteiger partial charge >= 0.3 is 0 Å². The van der Waals surface area contributed by atoms with Gasteiger partial charge in [0.1, 0.15) is 0 Å². The second-order valence-corrected chi connectivity index (χ2v) is 6.19. The van der Waals surface area contributed by atoms with Crippen LogP contribution in [0.1, 0.15) is 12.5 Å².